The molecule has 0 saturated heterocycles. The molecule has 0 radical (unpaired) electrons. The predicted molar refractivity (Wildman–Crippen MR) is 79.2 cm³/mol. The Hall–Kier alpha value is -1.06. The molecule has 4 nitrogen and oxygen atoms in total. The van der Waals surface area contributed by atoms with Gasteiger partial charge in [0, 0.05) is 5.92 Å². The fourth-order valence-electron chi connectivity index (χ4n) is 2.86. The number of amides is 1. The maximum atomic E-state index is 12.1. The molecule has 1 atom stereocenters. The van der Waals surface area contributed by atoms with Gasteiger partial charge in [0.25, 0.3) is 0 Å². The van der Waals surface area contributed by atoms with Crippen molar-refractivity contribution in [3.05, 3.63) is 0 Å². The van der Waals surface area contributed by atoms with Crippen molar-refractivity contribution < 1.29 is 14.3 Å². The van der Waals surface area contributed by atoms with Crippen LogP contribution < -0.4 is 5.32 Å². The minimum atomic E-state index is -0.541. The molecule has 1 fully saturated rings. The third-order valence-electron chi connectivity index (χ3n) is 4.18. The van der Waals surface area contributed by atoms with Crippen molar-refractivity contribution in [3.8, 4) is 0 Å². The largest absolute Gasteiger partial charge is 0.464 e. The quantitative estimate of drug-likeness (QED) is 0.731. The van der Waals surface area contributed by atoms with E-state index in [1.54, 1.807) is 13.8 Å². The average molecular weight is 283 g/mol. The number of hydrogen-bond donors (Lipinski definition) is 1. The van der Waals surface area contributed by atoms with Gasteiger partial charge in [0.1, 0.15) is 6.04 Å². The molecule has 0 bridgehead atoms. The molecule has 0 aromatic heterocycles. The van der Waals surface area contributed by atoms with Crippen molar-refractivity contribution in [1.82, 2.24) is 5.32 Å². The third kappa shape index (κ3) is 5.51. The maximum Gasteiger partial charge on any atom is 0.328 e. The lowest BCUT2D eigenvalue weighted by atomic mass is 9.79. The second-order valence-electron chi connectivity index (χ2n) is 5.84. The first-order valence-electron chi connectivity index (χ1n) is 8.05. The number of rotatable bonds is 7. The highest BCUT2D eigenvalue weighted by atomic mass is 16.5. The van der Waals surface area contributed by atoms with Crippen molar-refractivity contribution in [2.75, 3.05) is 6.61 Å². The minimum absolute atomic E-state index is 0.0134. The van der Waals surface area contributed by atoms with Crippen LogP contribution >= 0.6 is 0 Å². The number of unbranched alkanes of at least 4 members (excludes halogenated alkanes) is 1. The normalized spacial score (nSPS) is 23.9. The first-order valence-corrected chi connectivity index (χ1v) is 8.05. The highest BCUT2D eigenvalue weighted by Gasteiger charge is 2.28. The van der Waals surface area contributed by atoms with Crippen LogP contribution in [0.15, 0.2) is 0 Å². The van der Waals surface area contributed by atoms with Gasteiger partial charge < -0.3 is 10.1 Å². The summed E-state index contributed by atoms with van der Waals surface area (Å²) in [5, 5.41) is 2.78. The van der Waals surface area contributed by atoms with Gasteiger partial charge in [-0.05, 0) is 45.4 Å². The van der Waals surface area contributed by atoms with Crippen LogP contribution in [0.4, 0.5) is 0 Å². The molecule has 0 spiro atoms. The number of hydrogen-bond acceptors (Lipinski definition) is 3. The van der Waals surface area contributed by atoms with E-state index < -0.39 is 6.04 Å². The van der Waals surface area contributed by atoms with Gasteiger partial charge in [0.15, 0.2) is 0 Å². The molecule has 20 heavy (non-hydrogen) atoms. The summed E-state index contributed by atoms with van der Waals surface area (Å²) in [6.07, 6.45) is 8.03. The topological polar surface area (TPSA) is 55.4 Å². The van der Waals surface area contributed by atoms with E-state index in [1.165, 1.54) is 19.3 Å². The Morgan fingerprint density at radius 2 is 1.85 bits per heavy atom. The number of nitrogens with one attached hydrogen (secondary N) is 1. The van der Waals surface area contributed by atoms with Gasteiger partial charge in [0.05, 0.1) is 6.61 Å². The second kappa shape index (κ2) is 8.98. The van der Waals surface area contributed by atoms with Crippen LogP contribution in [0.3, 0.4) is 0 Å². The van der Waals surface area contributed by atoms with Crippen LogP contribution in [-0.2, 0) is 14.3 Å². The number of carbonyl (C=O) groups is 2. The van der Waals surface area contributed by atoms with Gasteiger partial charge >= 0.3 is 5.97 Å². The van der Waals surface area contributed by atoms with Gasteiger partial charge in [-0.3, -0.25) is 4.79 Å². The molecule has 1 aliphatic rings. The van der Waals surface area contributed by atoms with Crippen LogP contribution in [0.2, 0.25) is 0 Å². The lowest BCUT2D eigenvalue weighted by Gasteiger charge is -2.28. The van der Waals surface area contributed by atoms with E-state index in [0.717, 1.165) is 31.6 Å². The Bertz CT molecular complexity index is 309. The molecule has 1 N–H and O–H groups in total. The smallest absolute Gasteiger partial charge is 0.328 e. The third-order valence-corrected chi connectivity index (χ3v) is 4.18. The summed E-state index contributed by atoms with van der Waals surface area (Å²) in [6.45, 7) is 6.02. The maximum absolute atomic E-state index is 12.1. The molecule has 1 amide bonds. The molecule has 0 aromatic carbocycles. The molecule has 1 saturated carbocycles. The summed E-state index contributed by atoms with van der Waals surface area (Å²) in [5.41, 5.74) is 0. The highest BCUT2D eigenvalue weighted by Crippen LogP contribution is 2.31. The van der Waals surface area contributed by atoms with Crippen molar-refractivity contribution >= 4 is 11.9 Å². The molecule has 1 rings (SSSR count). The van der Waals surface area contributed by atoms with Crippen molar-refractivity contribution in [3.63, 3.8) is 0 Å². The fourth-order valence-corrected chi connectivity index (χ4v) is 2.86. The zero-order valence-corrected chi connectivity index (χ0v) is 13.1. The summed E-state index contributed by atoms with van der Waals surface area (Å²) >= 11 is 0. The Kier molecular flexibility index (Phi) is 7.63. The Labute approximate surface area is 122 Å². The molecule has 0 aliphatic heterocycles. The standard InChI is InChI=1S/C16H29NO3/c1-4-6-7-13-8-10-14(11-9-13)15(18)17-12(3)16(19)20-5-2/h12-14H,4-11H2,1-3H3,(H,17,18). The fraction of sp³-hybridized carbons (Fsp3) is 0.875. The lowest BCUT2D eigenvalue weighted by Crippen LogP contribution is -2.43. The zero-order chi connectivity index (χ0) is 15.0. The van der Waals surface area contributed by atoms with E-state index in [-0.39, 0.29) is 17.8 Å². The Morgan fingerprint density at radius 1 is 1.20 bits per heavy atom. The van der Waals surface area contributed by atoms with Crippen molar-refractivity contribution in [2.45, 2.75) is 71.8 Å². The zero-order valence-electron chi connectivity index (χ0n) is 13.1. The molecular formula is C16H29NO3. The minimum Gasteiger partial charge on any atom is -0.464 e. The molecule has 0 aromatic rings. The second-order valence-corrected chi connectivity index (χ2v) is 5.84. The number of ether oxygens (including phenoxy) is 1. The summed E-state index contributed by atoms with van der Waals surface area (Å²) < 4.78 is 4.90. The van der Waals surface area contributed by atoms with Crippen molar-refractivity contribution in [2.24, 2.45) is 11.8 Å². The van der Waals surface area contributed by atoms with Gasteiger partial charge in [-0.2, -0.15) is 0 Å². The number of carbonyl (C=O) groups excluding carboxylic acids is 2. The SMILES string of the molecule is CCCCC1CCC(C(=O)NC(C)C(=O)OCC)CC1. The Balaban J connectivity index is 2.30. The summed E-state index contributed by atoms with van der Waals surface area (Å²) in [7, 11) is 0. The molecule has 1 aliphatic carbocycles. The Morgan fingerprint density at radius 3 is 2.40 bits per heavy atom. The van der Waals surface area contributed by atoms with E-state index in [9.17, 15) is 9.59 Å². The van der Waals surface area contributed by atoms with E-state index in [0.29, 0.717) is 6.61 Å². The van der Waals surface area contributed by atoms with Gasteiger partial charge in [0.2, 0.25) is 5.91 Å². The molecular weight excluding hydrogens is 254 g/mol. The van der Waals surface area contributed by atoms with Gasteiger partial charge in [-0.1, -0.05) is 26.2 Å². The molecule has 0 heterocycles. The van der Waals surface area contributed by atoms with Gasteiger partial charge in [-0.25, -0.2) is 4.79 Å². The van der Waals surface area contributed by atoms with E-state index in [4.69, 9.17) is 4.74 Å². The van der Waals surface area contributed by atoms with Crippen molar-refractivity contribution in [1.29, 1.82) is 0 Å². The molecule has 1 unspecified atom stereocenters. The number of esters is 1. The highest BCUT2D eigenvalue weighted by molar-refractivity contribution is 5.85. The van der Waals surface area contributed by atoms with Gasteiger partial charge in [-0.15, -0.1) is 0 Å². The van der Waals surface area contributed by atoms with Crippen LogP contribution in [0.25, 0.3) is 0 Å². The summed E-state index contributed by atoms with van der Waals surface area (Å²) in [4.78, 5) is 23.6. The van der Waals surface area contributed by atoms with Crippen LogP contribution in [0, 0.1) is 11.8 Å². The van der Waals surface area contributed by atoms with E-state index in [1.807, 2.05) is 0 Å². The molecule has 116 valence electrons. The summed E-state index contributed by atoms with van der Waals surface area (Å²) in [5.74, 6) is 0.531. The first kappa shape index (κ1) is 17.0. The molecule has 4 heteroatoms. The van der Waals surface area contributed by atoms with E-state index in [2.05, 4.69) is 12.2 Å². The van der Waals surface area contributed by atoms with Crippen LogP contribution in [0.5, 0.6) is 0 Å². The average Bonchev–Trinajstić information content (AvgIpc) is 2.45. The van der Waals surface area contributed by atoms with E-state index >= 15 is 0 Å². The first-order chi connectivity index (χ1) is 9.58. The predicted octanol–water partition coefficient (Wildman–Crippen LogP) is 3.05. The summed E-state index contributed by atoms with van der Waals surface area (Å²) in [6, 6.07) is -0.541. The monoisotopic (exact) mass is 283 g/mol. The lowest BCUT2D eigenvalue weighted by molar-refractivity contribution is -0.147. The van der Waals surface area contributed by atoms with Crippen LogP contribution in [-0.4, -0.2) is 24.5 Å². The van der Waals surface area contributed by atoms with Crippen LogP contribution in [0.1, 0.15) is 65.7 Å².